The second-order valence-corrected chi connectivity index (χ2v) is 7.12. The summed E-state index contributed by atoms with van der Waals surface area (Å²) < 4.78 is 5.92. The van der Waals surface area contributed by atoms with Crippen LogP contribution in [0.1, 0.15) is 18.2 Å². The highest BCUT2D eigenvalue weighted by Crippen LogP contribution is 2.29. The second kappa shape index (κ2) is 5.84. The maximum Gasteiger partial charge on any atom is 0.229 e. The first-order valence-corrected chi connectivity index (χ1v) is 9.16. The number of nitrogens with zero attached hydrogens (tertiary/aromatic N) is 2. The number of aryl methyl sites for hydroxylation is 1. The highest BCUT2D eigenvalue weighted by molar-refractivity contribution is 6.49. The van der Waals surface area contributed by atoms with Crippen LogP contribution in [0.25, 0.3) is 0 Å². The number of hydrogen-bond donors (Lipinski definition) is 1. The van der Waals surface area contributed by atoms with Crippen molar-refractivity contribution in [2.24, 2.45) is 4.99 Å². The standard InChI is InChI=1S/C14H19N3OSi/c1-10-5-6-14(18-19(3)4)12(7-10)17-11(2)13-8-15-9-16-13/h5-9,19H,1-4H3,(H,15,16). The lowest BCUT2D eigenvalue weighted by molar-refractivity contribution is 0.582. The van der Waals surface area contributed by atoms with Crippen molar-refractivity contribution >= 4 is 20.4 Å². The summed E-state index contributed by atoms with van der Waals surface area (Å²) in [4.78, 5) is 11.8. The van der Waals surface area contributed by atoms with Gasteiger partial charge in [-0.2, -0.15) is 0 Å². The van der Waals surface area contributed by atoms with E-state index in [4.69, 9.17) is 4.43 Å². The summed E-state index contributed by atoms with van der Waals surface area (Å²) in [6, 6.07) is 6.09. The van der Waals surface area contributed by atoms with Crippen LogP contribution in [0.4, 0.5) is 5.69 Å². The molecule has 5 heteroatoms. The number of nitrogens with one attached hydrogen (secondary N) is 1. The Morgan fingerprint density at radius 3 is 2.79 bits per heavy atom. The molecule has 2 aromatic rings. The SMILES string of the molecule is CC(=Nc1cc(C)ccc1O[SiH](C)C)c1c[nH]cn1. The van der Waals surface area contributed by atoms with Gasteiger partial charge in [-0.15, -0.1) is 0 Å². The summed E-state index contributed by atoms with van der Waals surface area (Å²) in [5, 5.41) is 0. The van der Waals surface area contributed by atoms with Crippen LogP contribution in [-0.4, -0.2) is 24.7 Å². The normalized spacial score (nSPS) is 11.9. The molecule has 0 saturated heterocycles. The molecule has 1 heterocycles. The Kier molecular flexibility index (Phi) is 4.16. The average Bonchev–Trinajstić information content (AvgIpc) is 2.86. The summed E-state index contributed by atoms with van der Waals surface area (Å²) in [5.41, 5.74) is 3.78. The van der Waals surface area contributed by atoms with E-state index in [0.29, 0.717) is 0 Å². The van der Waals surface area contributed by atoms with E-state index in [1.807, 2.05) is 25.3 Å². The van der Waals surface area contributed by atoms with Gasteiger partial charge in [0.25, 0.3) is 0 Å². The third-order valence-corrected chi connectivity index (χ3v) is 3.36. The largest absolute Gasteiger partial charge is 0.546 e. The van der Waals surface area contributed by atoms with Gasteiger partial charge in [0.2, 0.25) is 9.04 Å². The van der Waals surface area contributed by atoms with E-state index >= 15 is 0 Å². The highest BCUT2D eigenvalue weighted by Gasteiger charge is 2.07. The second-order valence-electron chi connectivity index (χ2n) is 4.79. The first kappa shape index (κ1) is 13.5. The zero-order valence-corrected chi connectivity index (χ0v) is 12.9. The number of rotatable bonds is 4. The Hall–Kier alpha value is -1.88. The van der Waals surface area contributed by atoms with Gasteiger partial charge in [0.1, 0.15) is 17.1 Å². The molecule has 0 aliphatic heterocycles. The van der Waals surface area contributed by atoms with Crippen molar-refractivity contribution < 1.29 is 4.43 Å². The van der Waals surface area contributed by atoms with Gasteiger partial charge < -0.3 is 9.41 Å². The van der Waals surface area contributed by atoms with Crippen molar-refractivity contribution in [3.8, 4) is 5.75 Å². The monoisotopic (exact) mass is 273 g/mol. The zero-order chi connectivity index (χ0) is 13.8. The van der Waals surface area contributed by atoms with Crippen molar-refractivity contribution in [1.82, 2.24) is 9.97 Å². The number of aromatic nitrogens is 2. The third kappa shape index (κ3) is 3.54. The van der Waals surface area contributed by atoms with E-state index in [9.17, 15) is 0 Å². The molecular weight excluding hydrogens is 254 g/mol. The molecule has 0 amide bonds. The molecule has 0 unspecified atom stereocenters. The van der Waals surface area contributed by atoms with Crippen molar-refractivity contribution in [3.63, 3.8) is 0 Å². The minimum absolute atomic E-state index is 0.856. The molecule has 100 valence electrons. The summed E-state index contributed by atoms with van der Waals surface area (Å²) in [6.07, 6.45) is 3.50. The first-order valence-electron chi connectivity index (χ1n) is 6.38. The third-order valence-electron chi connectivity index (χ3n) is 2.63. The van der Waals surface area contributed by atoms with E-state index in [1.54, 1.807) is 6.33 Å². The molecule has 1 aromatic carbocycles. The average molecular weight is 273 g/mol. The van der Waals surface area contributed by atoms with E-state index in [-0.39, 0.29) is 0 Å². The van der Waals surface area contributed by atoms with Gasteiger partial charge in [0.15, 0.2) is 0 Å². The molecule has 2 rings (SSSR count). The van der Waals surface area contributed by atoms with E-state index in [2.05, 4.69) is 41.0 Å². The Labute approximate surface area is 115 Å². The smallest absolute Gasteiger partial charge is 0.229 e. The quantitative estimate of drug-likeness (QED) is 0.687. The molecule has 0 bridgehead atoms. The Morgan fingerprint density at radius 2 is 2.16 bits per heavy atom. The number of benzene rings is 1. The van der Waals surface area contributed by atoms with Crippen molar-refractivity contribution in [1.29, 1.82) is 0 Å². The molecular formula is C14H19N3OSi. The molecule has 0 aliphatic carbocycles. The topological polar surface area (TPSA) is 50.3 Å². The first-order chi connectivity index (χ1) is 9.06. The summed E-state index contributed by atoms with van der Waals surface area (Å²) >= 11 is 0. The number of imidazole rings is 1. The van der Waals surface area contributed by atoms with E-state index in [1.165, 1.54) is 5.56 Å². The minimum Gasteiger partial charge on any atom is -0.546 e. The molecule has 1 N–H and O–H groups in total. The van der Waals surface area contributed by atoms with Gasteiger partial charge >= 0.3 is 0 Å². The summed E-state index contributed by atoms with van der Waals surface area (Å²) in [7, 11) is -1.14. The Balaban J connectivity index is 2.37. The Bertz CT molecular complexity index is 576. The maximum absolute atomic E-state index is 5.92. The van der Waals surface area contributed by atoms with Gasteiger partial charge in [-0.05, 0) is 44.6 Å². The molecule has 0 saturated carbocycles. The highest BCUT2D eigenvalue weighted by atomic mass is 28.3. The van der Waals surface area contributed by atoms with Gasteiger partial charge in [0, 0.05) is 6.20 Å². The van der Waals surface area contributed by atoms with Crippen molar-refractivity contribution in [3.05, 3.63) is 42.0 Å². The molecule has 0 aliphatic rings. The maximum atomic E-state index is 5.92. The number of H-pyrrole nitrogens is 1. The predicted molar refractivity (Wildman–Crippen MR) is 81.1 cm³/mol. The molecule has 0 atom stereocenters. The molecule has 0 spiro atoms. The number of aliphatic imine (C=N–C) groups is 1. The van der Waals surface area contributed by atoms with Crippen LogP contribution in [0, 0.1) is 6.92 Å². The molecule has 19 heavy (non-hydrogen) atoms. The van der Waals surface area contributed by atoms with Crippen molar-refractivity contribution in [2.75, 3.05) is 0 Å². The number of aromatic amines is 1. The predicted octanol–water partition coefficient (Wildman–Crippen LogP) is 3.22. The van der Waals surface area contributed by atoms with Crippen LogP contribution in [-0.2, 0) is 0 Å². The van der Waals surface area contributed by atoms with Crippen LogP contribution in [0.3, 0.4) is 0 Å². The minimum atomic E-state index is -1.14. The fraction of sp³-hybridized carbons (Fsp3) is 0.286. The summed E-state index contributed by atoms with van der Waals surface area (Å²) in [5.74, 6) is 0.863. The molecule has 0 fully saturated rings. The van der Waals surface area contributed by atoms with Gasteiger partial charge in [0.05, 0.1) is 12.0 Å². The fourth-order valence-electron chi connectivity index (χ4n) is 1.76. The molecule has 1 aromatic heterocycles. The van der Waals surface area contributed by atoms with Gasteiger partial charge in [-0.3, -0.25) is 0 Å². The van der Waals surface area contributed by atoms with E-state index < -0.39 is 9.04 Å². The van der Waals surface area contributed by atoms with Crippen LogP contribution in [0.2, 0.25) is 13.1 Å². The van der Waals surface area contributed by atoms with Gasteiger partial charge in [-0.1, -0.05) is 6.07 Å². The zero-order valence-electron chi connectivity index (χ0n) is 11.8. The Morgan fingerprint density at radius 1 is 1.37 bits per heavy atom. The van der Waals surface area contributed by atoms with Crippen LogP contribution >= 0.6 is 0 Å². The number of hydrogen-bond acceptors (Lipinski definition) is 3. The molecule has 4 nitrogen and oxygen atoms in total. The molecule has 0 radical (unpaired) electrons. The lowest BCUT2D eigenvalue weighted by atomic mass is 10.2. The van der Waals surface area contributed by atoms with Crippen molar-refractivity contribution in [2.45, 2.75) is 26.9 Å². The fourth-order valence-corrected chi connectivity index (χ4v) is 2.47. The van der Waals surface area contributed by atoms with E-state index in [0.717, 1.165) is 22.8 Å². The summed E-state index contributed by atoms with van der Waals surface area (Å²) in [6.45, 7) is 8.30. The van der Waals surface area contributed by atoms with Crippen LogP contribution in [0.5, 0.6) is 5.75 Å². The van der Waals surface area contributed by atoms with Crippen LogP contribution in [0.15, 0.2) is 35.7 Å². The van der Waals surface area contributed by atoms with Crippen LogP contribution < -0.4 is 4.43 Å². The van der Waals surface area contributed by atoms with Gasteiger partial charge in [-0.25, -0.2) is 9.98 Å². The lowest BCUT2D eigenvalue weighted by Gasteiger charge is -2.12. The lowest BCUT2D eigenvalue weighted by Crippen LogP contribution is -2.11.